The van der Waals surface area contributed by atoms with E-state index in [0.29, 0.717) is 23.8 Å². The smallest absolute Gasteiger partial charge is 0.222 e. The van der Waals surface area contributed by atoms with Gasteiger partial charge in [0.1, 0.15) is 0 Å². The summed E-state index contributed by atoms with van der Waals surface area (Å²) in [7, 11) is 2.03. The largest absolute Gasteiger partial charge is 0.342 e. The number of rotatable bonds is 5. The molecule has 0 spiro atoms. The first-order valence-corrected chi connectivity index (χ1v) is 9.21. The highest BCUT2D eigenvalue weighted by Gasteiger charge is 2.31. The molecule has 2 aliphatic rings. The van der Waals surface area contributed by atoms with Gasteiger partial charge in [0.15, 0.2) is 0 Å². The molecular formula is C18H35N3O. The fourth-order valence-corrected chi connectivity index (χ4v) is 4.27. The SMILES string of the molecule is CCN1CC[C@H](N(C)C(=O)C[C@H](C)C2CCNCC2)[C@H](C)C1. The highest BCUT2D eigenvalue weighted by atomic mass is 16.2. The minimum Gasteiger partial charge on any atom is -0.342 e. The third-order valence-electron chi connectivity index (χ3n) is 5.97. The number of nitrogens with zero attached hydrogens (tertiary/aromatic N) is 2. The van der Waals surface area contributed by atoms with Crippen molar-refractivity contribution in [2.24, 2.45) is 17.8 Å². The van der Waals surface area contributed by atoms with Crippen LogP contribution in [0, 0.1) is 17.8 Å². The number of amides is 1. The van der Waals surface area contributed by atoms with Crippen molar-refractivity contribution in [2.75, 3.05) is 39.8 Å². The van der Waals surface area contributed by atoms with Gasteiger partial charge in [-0.1, -0.05) is 20.8 Å². The first-order valence-electron chi connectivity index (χ1n) is 9.21. The van der Waals surface area contributed by atoms with Gasteiger partial charge < -0.3 is 15.1 Å². The zero-order valence-corrected chi connectivity index (χ0v) is 15.0. The molecule has 0 aromatic rings. The van der Waals surface area contributed by atoms with Crippen LogP contribution in [0.3, 0.4) is 0 Å². The van der Waals surface area contributed by atoms with Crippen LogP contribution in [0.25, 0.3) is 0 Å². The van der Waals surface area contributed by atoms with E-state index < -0.39 is 0 Å². The molecule has 2 saturated heterocycles. The van der Waals surface area contributed by atoms with E-state index in [-0.39, 0.29) is 0 Å². The Morgan fingerprint density at radius 3 is 2.59 bits per heavy atom. The molecule has 0 unspecified atom stereocenters. The second-order valence-corrected chi connectivity index (χ2v) is 7.50. The van der Waals surface area contributed by atoms with Crippen molar-refractivity contribution in [3.63, 3.8) is 0 Å². The van der Waals surface area contributed by atoms with Crippen molar-refractivity contribution >= 4 is 5.91 Å². The van der Waals surface area contributed by atoms with Gasteiger partial charge in [-0.3, -0.25) is 4.79 Å². The lowest BCUT2D eigenvalue weighted by molar-refractivity contribution is -0.135. The van der Waals surface area contributed by atoms with Crippen LogP contribution in [-0.2, 0) is 4.79 Å². The maximum Gasteiger partial charge on any atom is 0.222 e. The van der Waals surface area contributed by atoms with Crippen molar-refractivity contribution in [1.82, 2.24) is 15.1 Å². The number of likely N-dealkylation sites (tertiary alicyclic amines) is 1. The van der Waals surface area contributed by atoms with Crippen LogP contribution in [0.4, 0.5) is 0 Å². The van der Waals surface area contributed by atoms with Gasteiger partial charge in [-0.2, -0.15) is 0 Å². The summed E-state index contributed by atoms with van der Waals surface area (Å²) in [5, 5.41) is 3.41. The van der Waals surface area contributed by atoms with Gasteiger partial charge >= 0.3 is 0 Å². The number of nitrogens with one attached hydrogen (secondary N) is 1. The normalized spacial score (nSPS) is 29.3. The van der Waals surface area contributed by atoms with Crippen LogP contribution in [-0.4, -0.2) is 61.5 Å². The van der Waals surface area contributed by atoms with Gasteiger partial charge in [0.25, 0.3) is 0 Å². The molecular weight excluding hydrogens is 274 g/mol. The van der Waals surface area contributed by atoms with E-state index in [4.69, 9.17) is 0 Å². The highest BCUT2D eigenvalue weighted by Crippen LogP contribution is 2.27. The summed E-state index contributed by atoms with van der Waals surface area (Å²) >= 11 is 0. The summed E-state index contributed by atoms with van der Waals surface area (Å²) < 4.78 is 0. The molecule has 4 heteroatoms. The van der Waals surface area contributed by atoms with Crippen LogP contribution in [0.2, 0.25) is 0 Å². The molecule has 1 amide bonds. The Hall–Kier alpha value is -0.610. The molecule has 2 heterocycles. The van der Waals surface area contributed by atoms with E-state index in [1.807, 2.05) is 7.05 Å². The van der Waals surface area contributed by atoms with Gasteiger partial charge in [0, 0.05) is 32.6 Å². The monoisotopic (exact) mass is 309 g/mol. The average molecular weight is 309 g/mol. The summed E-state index contributed by atoms with van der Waals surface area (Å²) in [6.45, 7) is 12.4. The summed E-state index contributed by atoms with van der Waals surface area (Å²) in [4.78, 5) is 17.3. The number of carbonyl (C=O) groups is 1. The maximum absolute atomic E-state index is 12.7. The summed E-state index contributed by atoms with van der Waals surface area (Å²) in [5.74, 6) is 2.17. The Kier molecular flexibility index (Phi) is 6.69. The molecule has 0 bridgehead atoms. The molecule has 0 aromatic heterocycles. The fourth-order valence-electron chi connectivity index (χ4n) is 4.27. The van der Waals surface area contributed by atoms with Crippen LogP contribution >= 0.6 is 0 Å². The van der Waals surface area contributed by atoms with Crippen LogP contribution < -0.4 is 5.32 Å². The molecule has 3 atom stereocenters. The lowest BCUT2D eigenvalue weighted by Crippen LogP contribution is -2.50. The van der Waals surface area contributed by atoms with Crippen molar-refractivity contribution in [3.8, 4) is 0 Å². The molecule has 2 rings (SSSR count). The van der Waals surface area contributed by atoms with Crippen LogP contribution in [0.1, 0.15) is 46.5 Å². The van der Waals surface area contributed by atoms with Crippen molar-refractivity contribution in [3.05, 3.63) is 0 Å². The lowest BCUT2D eigenvalue weighted by Gasteiger charge is -2.41. The number of carbonyl (C=O) groups excluding carboxylic acids is 1. The van der Waals surface area contributed by atoms with Gasteiger partial charge in [-0.25, -0.2) is 0 Å². The third-order valence-corrected chi connectivity index (χ3v) is 5.97. The van der Waals surface area contributed by atoms with Crippen molar-refractivity contribution < 1.29 is 4.79 Å². The molecule has 0 radical (unpaired) electrons. The second-order valence-electron chi connectivity index (χ2n) is 7.50. The van der Waals surface area contributed by atoms with E-state index in [0.717, 1.165) is 51.5 Å². The molecule has 128 valence electrons. The minimum absolute atomic E-state index is 0.354. The zero-order chi connectivity index (χ0) is 16.1. The molecule has 0 aliphatic carbocycles. The first-order chi connectivity index (χ1) is 10.5. The molecule has 22 heavy (non-hydrogen) atoms. The van der Waals surface area contributed by atoms with Gasteiger partial charge in [-0.05, 0) is 56.7 Å². The van der Waals surface area contributed by atoms with Gasteiger partial charge in [0.05, 0.1) is 0 Å². The van der Waals surface area contributed by atoms with Crippen molar-refractivity contribution in [2.45, 2.75) is 52.5 Å². The summed E-state index contributed by atoms with van der Waals surface area (Å²) in [6.07, 6.45) is 4.30. The number of hydrogen-bond acceptors (Lipinski definition) is 3. The Bertz CT molecular complexity index is 354. The Morgan fingerprint density at radius 2 is 2.00 bits per heavy atom. The third kappa shape index (κ3) is 4.45. The predicted octanol–water partition coefficient (Wildman–Crippen LogP) is 2.20. The fraction of sp³-hybridized carbons (Fsp3) is 0.944. The first kappa shape index (κ1) is 17.7. The highest BCUT2D eigenvalue weighted by molar-refractivity contribution is 5.76. The summed E-state index contributed by atoms with van der Waals surface area (Å²) in [6, 6.07) is 0.426. The van der Waals surface area contributed by atoms with E-state index in [1.165, 1.54) is 12.8 Å². The Morgan fingerprint density at radius 1 is 1.32 bits per heavy atom. The van der Waals surface area contributed by atoms with Crippen LogP contribution in [0.15, 0.2) is 0 Å². The molecule has 0 saturated carbocycles. The molecule has 0 aromatic carbocycles. The van der Waals surface area contributed by atoms with E-state index in [1.54, 1.807) is 0 Å². The molecule has 2 aliphatic heterocycles. The summed E-state index contributed by atoms with van der Waals surface area (Å²) in [5.41, 5.74) is 0. The average Bonchev–Trinajstić information content (AvgIpc) is 2.54. The van der Waals surface area contributed by atoms with E-state index >= 15 is 0 Å². The molecule has 1 N–H and O–H groups in total. The van der Waals surface area contributed by atoms with E-state index in [9.17, 15) is 4.79 Å². The Balaban J connectivity index is 1.83. The molecule has 4 nitrogen and oxygen atoms in total. The second kappa shape index (κ2) is 8.30. The van der Waals surface area contributed by atoms with Crippen LogP contribution in [0.5, 0.6) is 0 Å². The van der Waals surface area contributed by atoms with E-state index in [2.05, 4.69) is 35.9 Å². The van der Waals surface area contributed by atoms with Crippen molar-refractivity contribution in [1.29, 1.82) is 0 Å². The lowest BCUT2D eigenvalue weighted by atomic mass is 9.83. The predicted molar refractivity (Wildman–Crippen MR) is 91.8 cm³/mol. The topological polar surface area (TPSA) is 35.6 Å². The number of hydrogen-bond donors (Lipinski definition) is 1. The standard InChI is InChI=1S/C18H35N3O/c1-5-21-11-8-17(15(3)13-21)20(4)18(22)12-14(2)16-6-9-19-10-7-16/h14-17,19H,5-13H2,1-4H3/t14-,15+,17-/m0/s1. The minimum atomic E-state index is 0.354. The maximum atomic E-state index is 12.7. The Labute approximate surface area is 136 Å². The quantitative estimate of drug-likeness (QED) is 0.846. The molecule has 2 fully saturated rings. The zero-order valence-electron chi connectivity index (χ0n) is 15.0. The van der Waals surface area contributed by atoms with Gasteiger partial charge in [-0.15, -0.1) is 0 Å². The van der Waals surface area contributed by atoms with Gasteiger partial charge in [0.2, 0.25) is 5.91 Å². The number of piperidine rings is 2.